The molecule has 8 nitrogen and oxygen atoms in total. The Balaban J connectivity index is 1.71. The van der Waals surface area contributed by atoms with Crippen LogP contribution in [-0.4, -0.2) is 30.5 Å². The minimum Gasteiger partial charge on any atom is -0.454 e. The van der Waals surface area contributed by atoms with Crippen LogP contribution < -0.4 is 10.1 Å². The number of halogens is 2. The number of amides is 1. The molecule has 0 aliphatic heterocycles. The third-order valence-electron chi connectivity index (χ3n) is 3.94. The Morgan fingerprint density at radius 1 is 1.10 bits per heavy atom. The van der Waals surface area contributed by atoms with Crippen LogP contribution in [0.15, 0.2) is 42.9 Å². The van der Waals surface area contributed by atoms with Crippen molar-refractivity contribution in [3.05, 3.63) is 71.6 Å². The number of carbonyl (C=O) groups is 1. The Morgan fingerprint density at radius 2 is 1.93 bits per heavy atom. The van der Waals surface area contributed by atoms with E-state index in [1.807, 2.05) is 0 Å². The first-order valence-corrected chi connectivity index (χ1v) is 8.49. The van der Waals surface area contributed by atoms with Gasteiger partial charge in [0.1, 0.15) is 34.8 Å². The van der Waals surface area contributed by atoms with Crippen molar-refractivity contribution in [2.24, 2.45) is 0 Å². The van der Waals surface area contributed by atoms with Crippen LogP contribution in [0.4, 0.5) is 14.6 Å². The zero-order valence-corrected chi connectivity index (χ0v) is 15.3. The summed E-state index contributed by atoms with van der Waals surface area (Å²) in [5, 5.41) is 6.80. The first-order chi connectivity index (χ1) is 13.9. The summed E-state index contributed by atoms with van der Waals surface area (Å²) in [4.78, 5) is 24.8. The molecule has 10 heteroatoms. The summed E-state index contributed by atoms with van der Waals surface area (Å²) in [6, 6.07) is 5.17. The molecule has 1 amide bonds. The van der Waals surface area contributed by atoms with E-state index in [0.717, 1.165) is 12.3 Å². The lowest BCUT2D eigenvalue weighted by molar-refractivity contribution is 0.102. The second-order valence-corrected chi connectivity index (χ2v) is 6.18. The molecule has 0 bridgehead atoms. The number of pyridine rings is 3. The second kappa shape index (κ2) is 7.23. The molecule has 1 N–H and O–H groups in total. The van der Waals surface area contributed by atoms with Gasteiger partial charge < -0.3 is 10.1 Å². The fourth-order valence-electron chi connectivity index (χ4n) is 2.67. The van der Waals surface area contributed by atoms with Crippen molar-refractivity contribution in [2.45, 2.75) is 13.8 Å². The number of aromatic nitrogens is 5. The summed E-state index contributed by atoms with van der Waals surface area (Å²) in [5.41, 5.74) is 0.599. The highest BCUT2D eigenvalue weighted by Gasteiger charge is 2.17. The number of hydrogen-bond acceptors (Lipinski definition) is 6. The highest BCUT2D eigenvalue weighted by atomic mass is 19.1. The first-order valence-electron chi connectivity index (χ1n) is 8.49. The molecule has 0 saturated carbocycles. The maximum Gasteiger partial charge on any atom is 0.260 e. The van der Waals surface area contributed by atoms with Gasteiger partial charge in [-0.1, -0.05) is 0 Å². The monoisotopic (exact) mass is 396 g/mol. The molecule has 0 fully saturated rings. The van der Waals surface area contributed by atoms with Gasteiger partial charge in [0, 0.05) is 6.07 Å². The largest absolute Gasteiger partial charge is 0.454 e. The van der Waals surface area contributed by atoms with Crippen LogP contribution in [-0.2, 0) is 0 Å². The van der Waals surface area contributed by atoms with Crippen LogP contribution in [0.3, 0.4) is 0 Å². The number of aryl methyl sites for hydroxylation is 2. The molecular weight excluding hydrogens is 382 g/mol. The zero-order valence-electron chi connectivity index (χ0n) is 15.3. The molecule has 4 heterocycles. The summed E-state index contributed by atoms with van der Waals surface area (Å²) < 4.78 is 33.8. The Bertz CT molecular complexity index is 1240. The molecule has 0 saturated heterocycles. The van der Waals surface area contributed by atoms with Crippen molar-refractivity contribution in [1.82, 2.24) is 24.6 Å². The first kappa shape index (κ1) is 18.4. The van der Waals surface area contributed by atoms with Gasteiger partial charge >= 0.3 is 0 Å². The second-order valence-electron chi connectivity index (χ2n) is 6.18. The van der Waals surface area contributed by atoms with Gasteiger partial charge in [-0.3, -0.25) is 9.78 Å². The van der Waals surface area contributed by atoms with Crippen molar-refractivity contribution in [2.75, 3.05) is 5.32 Å². The third kappa shape index (κ3) is 3.86. The van der Waals surface area contributed by atoms with E-state index < -0.39 is 17.5 Å². The zero-order chi connectivity index (χ0) is 20.5. The molecule has 29 heavy (non-hydrogen) atoms. The van der Waals surface area contributed by atoms with Gasteiger partial charge in [-0.15, -0.1) is 0 Å². The lowest BCUT2D eigenvalue weighted by Gasteiger charge is -2.10. The molecule has 0 radical (unpaired) electrons. The smallest absolute Gasteiger partial charge is 0.260 e. The van der Waals surface area contributed by atoms with Gasteiger partial charge in [-0.25, -0.2) is 23.3 Å². The number of fused-ring (bicyclic) bond motifs is 1. The number of carbonyl (C=O) groups excluding carboxylic acids is 1. The quantitative estimate of drug-likeness (QED) is 0.568. The molecule has 0 atom stereocenters. The normalized spacial score (nSPS) is 10.9. The Morgan fingerprint density at radius 3 is 2.69 bits per heavy atom. The SMILES string of the molecule is Cc1nc2c(C(=O)Nc3ccc(F)c(C)n3)cc(Oc3cncc(F)c3)cn2n1. The summed E-state index contributed by atoms with van der Waals surface area (Å²) in [7, 11) is 0. The lowest BCUT2D eigenvalue weighted by Crippen LogP contribution is -2.15. The van der Waals surface area contributed by atoms with E-state index in [2.05, 4.69) is 25.4 Å². The van der Waals surface area contributed by atoms with E-state index in [0.29, 0.717) is 11.5 Å². The van der Waals surface area contributed by atoms with Crippen molar-refractivity contribution >= 4 is 17.4 Å². The standard InChI is InChI=1S/C19H14F2N6O2/c1-10-16(21)3-4-17(23-10)25-19(28)15-6-14(9-27-18(15)24-11(2)26-27)29-13-5-12(20)7-22-8-13/h3-9H,1-2H3,(H,23,25,28). The fourth-order valence-corrected chi connectivity index (χ4v) is 2.67. The molecule has 0 aliphatic rings. The van der Waals surface area contributed by atoms with E-state index in [1.165, 1.54) is 42.0 Å². The van der Waals surface area contributed by atoms with E-state index in [1.54, 1.807) is 6.92 Å². The topological polar surface area (TPSA) is 94.3 Å². The van der Waals surface area contributed by atoms with Crippen LogP contribution in [0.25, 0.3) is 5.65 Å². The number of rotatable bonds is 4. The van der Waals surface area contributed by atoms with Gasteiger partial charge in [0.15, 0.2) is 5.65 Å². The highest BCUT2D eigenvalue weighted by Crippen LogP contribution is 2.24. The molecule has 146 valence electrons. The molecule has 4 aromatic rings. The predicted molar refractivity (Wildman–Crippen MR) is 98.9 cm³/mol. The van der Waals surface area contributed by atoms with Crippen LogP contribution in [0, 0.1) is 25.5 Å². The van der Waals surface area contributed by atoms with Gasteiger partial charge in [0.2, 0.25) is 0 Å². The maximum absolute atomic E-state index is 13.4. The van der Waals surface area contributed by atoms with Gasteiger partial charge in [0.05, 0.1) is 29.8 Å². The van der Waals surface area contributed by atoms with E-state index in [4.69, 9.17) is 4.74 Å². The van der Waals surface area contributed by atoms with Gasteiger partial charge in [-0.2, -0.15) is 5.10 Å². The minimum absolute atomic E-state index is 0.149. The van der Waals surface area contributed by atoms with E-state index in [-0.39, 0.29) is 28.6 Å². The lowest BCUT2D eigenvalue weighted by atomic mass is 10.2. The molecule has 0 spiro atoms. The molecular formula is C19H14F2N6O2. The Kier molecular flexibility index (Phi) is 4.59. The number of hydrogen-bond donors (Lipinski definition) is 1. The van der Waals surface area contributed by atoms with E-state index in [9.17, 15) is 13.6 Å². The summed E-state index contributed by atoms with van der Waals surface area (Å²) in [5.74, 6) is -0.563. The molecule has 4 rings (SSSR count). The number of nitrogens with zero attached hydrogens (tertiary/aromatic N) is 5. The summed E-state index contributed by atoms with van der Waals surface area (Å²) >= 11 is 0. The van der Waals surface area contributed by atoms with Crippen LogP contribution in [0.5, 0.6) is 11.5 Å². The average Bonchev–Trinajstić information content (AvgIpc) is 3.04. The highest BCUT2D eigenvalue weighted by molar-refractivity contribution is 6.08. The Hall–Kier alpha value is -3.95. The Labute approximate surface area is 163 Å². The maximum atomic E-state index is 13.4. The number of anilines is 1. The van der Waals surface area contributed by atoms with Crippen molar-refractivity contribution in [3.63, 3.8) is 0 Å². The molecule has 0 unspecified atom stereocenters. The van der Waals surface area contributed by atoms with Crippen molar-refractivity contribution in [1.29, 1.82) is 0 Å². The van der Waals surface area contributed by atoms with Gasteiger partial charge in [-0.05, 0) is 32.0 Å². The van der Waals surface area contributed by atoms with Crippen molar-refractivity contribution < 1.29 is 18.3 Å². The number of nitrogens with one attached hydrogen (secondary N) is 1. The predicted octanol–water partition coefficient (Wildman–Crippen LogP) is 3.46. The molecule has 0 aliphatic carbocycles. The summed E-state index contributed by atoms with van der Waals surface area (Å²) in [6.07, 6.45) is 3.90. The van der Waals surface area contributed by atoms with Crippen LogP contribution >= 0.6 is 0 Å². The van der Waals surface area contributed by atoms with Gasteiger partial charge in [0.25, 0.3) is 5.91 Å². The molecule has 4 aromatic heterocycles. The third-order valence-corrected chi connectivity index (χ3v) is 3.94. The minimum atomic E-state index is -0.559. The molecule has 0 aromatic carbocycles. The average molecular weight is 396 g/mol. The van der Waals surface area contributed by atoms with Crippen molar-refractivity contribution in [3.8, 4) is 11.5 Å². The summed E-state index contributed by atoms with van der Waals surface area (Å²) in [6.45, 7) is 3.17. The van der Waals surface area contributed by atoms with Crippen LogP contribution in [0.2, 0.25) is 0 Å². The van der Waals surface area contributed by atoms with E-state index >= 15 is 0 Å². The number of ether oxygens (including phenoxy) is 1. The van der Waals surface area contributed by atoms with Crippen LogP contribution in [0.1, 0.15) is 21.9 Å². The fraction of sp³-hybridized carbons (Fsp3) is 0.105.